The Morgan fingerprint density at radius 3 is 3.00 bits per heavy atom. The molecule has 1 aliphatic carbocycles. The van der Waals surface area contributed by atoms with Crippen LogP contribution in [0.3, 0.4) is 0 Å². The summed E-state index contributed by atoms with van der Waals surface area (Å²) in [6.07, 6.45) is 9.49. The van der Waals surface area contributed by atoms with Crippen molar-refractivity contribution in [3.8, 4) is 0 Å². The van der Waals surface area contributed by atoms with Crippen LogP contribution in [0, 0.1) is 5.92 Å². The first-order valence-corrected chi connectivity index (χ1v) is 4.66. The molecule has 0 aromatic heterocycles. The van der Waals surface area contributed by atoms with E-state index in [0.717, 1.165) is 25.6 Å². The molecule has 0 fully saturated rings. The van der Waals surface area contributed by atoms with E-state index in [9.17, 15) is 0 Å². The molecule has 1 nitrogen and oxygen atoms in total. The van der Waals surface area contributed by atoms with Crippen LogP contribution in [0.2, 0.25) is 0 Å². The number of rotatable bonds is 4. The maximum absolute atomic E-state index is 5.49. The Hall–Kier alpha value is -0.300. The van der Waals surface area contributed by atoms with Crippen molar-refractivity contribution in [2.45, 2.75) is 32.6 Å². The largest absolute Gasteiger partial charge is 0.381 e. The molecule has 1 heteroatoms. The second-order valence-corrected chi connectivity index (χ2v) is 3.23. The average Bonchev–Trinajstić information content (AvgIpc) is 2.07. The predicted octanol–water partition coefficient (Wildman–Crippen LogP) is 2.77. The molecule has 64 valence electrons. The van der Waals surface area contributed by atoms with Crippen molar-refractivity contribution >= 4 is 0 Å². The van der Waals surface area contributed by atoms with Crippen LogP contribution >= 0.6 is 0 Å². The van der Waals surface area contributed by atoms with Gasteiger partial charge >= 0.3 is 0 Å². The molecule has 0 aromatic carbocycles. The smallest absolute Gasteiger partial charge is 0.0497 e. The molecule has 0 bridgehead atoms. The molecule has 1 aliphatic rings. The van der Waals surface area contributed by atoms with E-state index >= 15 is 0 Å². The van der Waals surface area contributed by atoms with Gasteiger partial charge in [-0.05, 0) is 31.6 Å². The van der Waals surface area contributed by atoms with Crippen LogP contribution in [0.4, 0.5) is 0 Å². The van der Waals surface area contributed by atoms with E-state index in [2.05, 4.69) is 19.1 Å². The summed E-state index contributed by atoms with van der Waals surface area (Å²) in [5, 5.41) is 0. The van der Waals surface area contributed by atoms with Crippen molar-refractivity contribution in [2.24, 2.45) is 5.92 Å². The zero-order valence-corrected chi connectivity index (χ0v) is 7.38. The Balaban J connectivity index is 2.02. The highest BCUT2D eigenvalue weighted by Crippen LogP contribution is 2.17. The molecule has 0 aromatic rings. The van der Waals surface area contributed by atoms with Crippen molar-refractivity contribution in [1.29, 1.82) is 0 Å². The maximum Gasteiger partial charge on any atom is 0.0497 e. The van der Waals surface area contributed by atoms with E-state index in [1.807, 2.05) is 0 Å². The van der Waals surface area contributed by atoms with E-state index < -0.39 is 0 Å². The van der Waals surface area contributed by atoms with Crippen LogP contribution in [0.5, 0.6) is 0 Å². The molecule has 0 saturated heterocycles. The highest BCUT2D eigenvalue weighted by atomic mass is 16.5. The van der Waals surface area contributed by atoms with Crippen LogP contribution in [-0.2, 0) is 4.74 Å². The Morgan fingerprint density at radius 2 is 2.36 bits per heavy atom. The Kier molecular flexibility index (Phi) is 4.29. The fourth-order valence-corrected chi connectivity index (χ4v) is 1.40. The van der Waals surface area contributed by atoms with Crippen molar-refractivity contribution in [3.05, 3.63) is 12.2 Å². The van der Waals surface area contributed by atoms with E-state index in [1.54, 1.807) is 0 Å². The van der Waals surface area contributed by atoms with Gasteiger partial charge < -0.3 is 4.74 Å². The fourth-order valence-electron chi connectivity index (χ4n) is 1.40. The molecule has 0 aliphatic heterocycles. The van der Waals surface area contributed by atoms with Crippen LogP contribution in [-0.4, -0.2) is 13.2 Å². The molecule has 0 heterocycles. The molecule has 1 atom stereocenters. The van der Waals surface area contributed by atoms with Gasteiger partial charge in [0.15, 0.2) is 0 Å². The topological polar surface area (TPSA) is 9.23 Å². The van der Waals surface area contributed by atoms with Gasteiger partial charge in [0, 0.05) is 13.2 Å². The minimum atomic E-state index is 0.798. The van der Waals surface area contributed by atoms with Crippen molar-refractivity contribution < 1.29 is 4.74 Å². The molecular weight excluding hydrogens is 136 g/mol. The lowest BCUT2D eigenvalue weighted by atomic mass is 9.95. The van der Waals surface area contributed by atoms with E-state index in [1.165, 1.54) is 19.3 Å². The molecule has 0 spiro atoms. The van der Waals surface area contributed by atoms with Crippen LogP contribution in [0.15, 0.2) is 12.2 Å². The third-order valence-electron chi connectivity index (χ3n) is 2.08. The number of hydrogen-bond donors (Lipinski definition) is 0. The second kappa shape index (κ2) is 5.36. The van der Waals surface area contributed by atoms with Gasteiger partial charge in [-0.3, -0.25) is 0 Å². The lowest BCUT2D eigenvalue weighted by Crippen LogP contribution is -2.11. The van der Waals surface area contributed by atoms with Gasteiger partial charge in [0.05, 0.1) is 0 Å². The summed E-state index contributed by atoms with van der Waals surface area (Å²) in [5.41, 5.74) is 0. The number of ether oxygens (including phenoxy) is 1. The molecule has 0 radical (unpaired) electrons. The van der Waals surface area contributed by atoms with Gasteiger partial charge in [0.1, 0.15) is 0 Å². The molecule has 0 saturated carbocycles. The summed E-state index contributed by atoms with van der Waals surface area (Å²) in [6.45, 7) is 4.05. The summed E-state index contributed by atoms with van der Waals surface area (Å²) in [7, 11) is 0. The summed E-state index contributed by atoms with van der Waals surface area (Å²) in [4.78, 5) is 0. The van der Waals surface area contributed by atoms with E-state index in [-0.39, 0.29) is 0 Å². The first-order valence-electron chi connectivity index (χ1n) is 4.66. The van der Waals surface area contributed by atoms with Gasteiger partial charge in [-0.25, -0.2) is 0 Å². The Labute approximate surface area is 69.4 Å². The van der Waals surface area contributed by atoms with E-state index in [0.29, 0.717) is 0 Å². The van der Waals surface area contributed by atoms with Crippen molar-refractivity contribution in [1.82, 2.24) is 0 Å². The SMILES string of the molecule is CCCOCC1CC=CCC1. The minimum absolute atomic E-state index is 0.798. The van der Waals surface area contributed by atoms with Gasteiger partial charge in [-0.15, -0.1) is 0 Å². The van der Waals surface area contributed by atoms with Crippen molar-refractivity contribution in [3.63, 3.8) is 0 Å². The molecule has 11 heavy (non-hydrogen) atoms. The fraction of sp³-hybridized carbons (Fsp3) is 0.800. The first kappa shape index (κ1) is 8.79. The Morgan fingerprint density at radius 1 is 1.45 bits per heavy atom. The average molecular weight is 154 g/mol. The summed E-state index contributed by atoms with van der Waals surface area (Å²) < 4.78 is 5.49. The highest BCUT2D eigenvalue weighted by Gasteiger charge is 2.08. The molecule has 0 N–H and O–H groups in total. The minimum Gasteiger partial charge on any atom is -0.381 e. The second-order valence-electron chi connectivity index (χ2n) is 3.23. The first-order chi connectivity index (χ1) is 5.43. The molecule has 1 rings (SSSR count). The van der Waals surface area contributed by atoms with Crippen molar-refractivity contribution in [2.75, 3.05) is 13.2 Å². The number of allylic oxidation sites excluding steroid dienone is 2. The van der Waals surface area contributed by atoms with E-state index in [4.69, 9.17) is 4.74 Å². The lowest BCUT2D eigenvalue weighted by Gasteiger charge is -2.17. The maximum atomic E-state index is 5.49. The standard InChI is InChI=1S/C10H18O/c1-2-8-11-9-10-6-4-3-5-7-10/h3-4,10H,2,5-9H2,1H3. The molecule has 1 unspecified atom stereocenters. The van der Waals surface area contributed by atoms with Crippen LogP contribution in [0.1, 0.15) is 32.6 Å². The zero-order chi connectivity index (χ0) is 7.94. The third kappa shape index (κ3) is 3.57. The van der Waals surface area contributed by atoms with Gasteiger partial charge in [-0.1, -0.05) is 19.1 Å². The third-order valence-corrected chi connectivity index (χ3v) is 2.08. The monoisotopic (exact) mass is 154 g/mol. The van der Waals surface area contributed by atoms with Crippen LogP contribution < -0.4 is 0 Å². The normalized spacial score (nSPS) is 23.9. The number of hydrogen-bond acceptors (Lipinski definition) is 1. The Bertz CT molecular complexity index is 118. The van der Waals surface area contributed by atoms with Crippen LogP contribution in [0.25, 0.3) is 0 Å². The van der Waals surface area contributed by atoms with Gasteiger partial charge in [-0.2, -0.15) is 0 Å². The quantitative estimate of drug-likeness (QED) is 0.447. The summed E-state index contributed by atoms with van der Waals surface area (Å²) >= 11 is 0. The predicted molar refractivity (Wildman–Crippen MR) is 47.6 cm³/mol. The highest BCUT2D eigenvalue weighted by molar-refractivity contribution is 4.89. The van der Waals surface area contributed by atoms with Gasteiger partial charge in [0.2, 0.25) is 0 Å². The lowest BCUT2D eigenvalue weighted by molar-refractivity contribution is 0.0966. The molecular formula is C10H18O. The zero-order valence-electron chi connectivity index (χ0n) is 7.38. The molecule has 0 amide bonds. The summed E-state index contributed by atoms with van der Waals surface area (Å²) in [5.74, 6) is 0.798. The van der Waals surface area contributed by atoms with Gasteiger partial charge in [0.25, 0.3) is 0 Å². The summed E-state index contributed by atoms with van der Waals surface area (Å²) in [6, 6.07) is 0.